The van der Waals surface area contributed by atoms with Crippen molar-refractivity contribution in [2.24, 2.45) is 17.6 Å². The number of furan rings is 1. The van der Waals surface area contributed by atoms with Crippen LogP contribution in [0.1, 0.15) is 31.4 Å². The van der Waals surface area contributed by atoms with E-state index in [1.165, 1.54) is 0 Å². The van der Waals surface area contributed by atoms with E-state index in [1.807, 2.05) is 0 Å². The number of esters is 1. The Morgan fingerprint density at radius 3 is 2.59 bits per heavy atom. The summed E-state index contributed by atoms with van der Waals surface area (Å²) in [6.07, 6.45) is -4.72. The first-order valence-corrected chi connectivity index (χ1v) is 9.50. The van der Waals surface area contributed by atoms with Crippen LogP contribution in [0.25, 0.3) is 11.0 Å². The molecule has 1 aliphatic rings. The lowest BCUT2D eigenvalue weighted by molar-refractivity contribution is -0.207. The number of fused-ring (bicyclic) bond motifs is 1. The molecule has 10 heteroatoms. The highest BCUT2D eigenvalue weighted by molar-refractivity contribution is 6.31. The fraction of sp³-hybridized carbons (Fsp3) is 0.474. The van der Waals surface area contributed by atoms with Gasteiger partial charge in [0, 0.05) is 22.2 Å². The third-order valence-corrected chi connectivity index (χ3v) is 5.28. The molecule has 2 aromatic rings. The van der Waals surface area contributed by atoms with Crippen LogP contribution in [0.5, 0.6) is 0 Å². The number of rotatable bonds is 5. The van der Waals surface area contributed by atoms with Crippen LogP contribution in [0.4, 0.5) is 13.2 Å². The van der Waals surface area contributed by atoms with Crippen LogP contribution in [0.3, 0.4) is 0 Å². The van der Waals surface area contributed by atoms with Crippen LogP contribution < -0.4 is 11.1 Å². The van der Waals surface area contributed by atoms with Crippen molar-refractivity contribution in [3.8, 4) is 0 Å². The van der Waals surface area contributed by atoms with Crippen LogP contribution in [0, 0.1) is 11.8 Å². The van der Waals surface area contributed by atoms with Crippen LogP contribution in [0.2, 0.25) is 5.02 Å². The number of halogens is 4. The van der Waals surface area contributed by atoms with Gasteiger partial charge in [-0.1, -0.05) is 11.6 Å². The fourth-order valence-corrected chi connectivity index (χ4v) is 3.65. The predicted octanol–water partition coefficient (Wildman–Crippen LogP) is 3.90. The molecule has 0 saturated heterocycles. The summed E-state index contributed by atoms with van der Waals surface area (Å²) in [6, 6.07) is 7.03. The zero-order valence-corrected chi connectivity index (χ0v) is 16.1. The molecule has 1 fully saturated rings. The highest BCUT2D eigenvalue weighted by Crippen LogP contribution is 2.32. The van der Waals surface area contributed by atoms with Crippen molar-refractivity contribution in [1.82, 2.24) is 5.32 Å². The van der Waals surface area contributed by atoms with Gasteiger partial charge in [0.05, 0.1) is 6.54 Å². The first-order chi connectivity index (χ1) is 13.6. The maximum absolute atomic E-state index is 12.4. The average molecular weight is 433 g/mol. The van der Waals surface area contributed by atoms with E-state index < -0.39 is 24.3 Å². The van der Waals surface area contributed by atoms with Gasteiger partial charge in [-0.25, -0.2) is 4.79 Å². The first-order valence-electron chi connectivity index (χ1n) is 9.12. The molecule has 0 bridgehead atoms. The number of benzene rings is 1. The number of nitrogens with two attached hydrogens (primary N) is 1. The number of nitrogens with one attached hydrogen (secondary N) is 1. The summed E-state index contributed by atoms with van der Waals surface area (Å²) in [5, 5.41) is 4.23. The normalized spacial score (nSPS) is 21.0. The van der Waals surface area contributed by atoms with E-state index in [4.69, 9.17) is 21.8 Å². The Hall–Kier alpha value is -2.26. The minimum absolute atomic E-state index is 0.164. The third kappa shape index (κ3) is 5.42. The zero-order valence-electron chi connectivity index (χ0n) is 15.3. The number of amides is 1. The molecule has 1 saturated carbocycles. The van der Waals surface area contributed by atoms with Gasteiger partial charge in [0.15, 0.2) is 6.23 Å². The molecule has 3 rings (SSSR count). The lowest BCUT2D eigenvalue weighted by Gasteiger charge is -2.31. The molecular weight excluding hydrogens is 413 g/mol. The Labute approximate surface area is 169 Å². The lowest BCUT2D eigenvalue weighted by atomic mass is 9.81. The van der Waals surface area contributed by atoms with E-state index in [-0.39, 0.29) is 18.4 Å². The number of alkyl halides is 3. The number of carbonyl (C=O) groups excluding carboxylic acids is 2. The summed E-state index contributed by atoms with van der Waals surface area (Å²) in [5.41, 5.74) is 6.25. The van der Waals surface area contributed by atoms with E-state index in [9.17, 15) is 22.8 Å². The van der Waals surface area contributed by atoms with Crippen molar-refractivity contribution >= 4 is 34.4 Å². The standard InChI is InChI=1S/C19H20ClF3N2O4/c20-13-5-6-15-12(7-13)8-14(28-15)9-25-17(26)11-3-1-10(2-4-11)16(24)29-18(27)19(21,22)23/h5-8,10-11,16H,1-4,9,24H2,(H,25,26)/t10-,11-,16?. The molecule has 1 amide bonds. The third-order valence-electron chi connectivity index (χ3n) is 5.05. The second kappa shape index (κ2) is 8.62. The smallest absolute Gasteiger partial charge is 0.459 e. The maximum atomic E-state index is 12.4. The second-order valence-corrected chi connectivity index (χ2v) is 7.53. The molecule has 0 radical (unpaired) electrons. The van der Waals surface area contributed by atoms with E-state index in [0.717, 1.165) is 5.39 Å². The topological polar surface area (TPSA) is 94.6 Å². The summed E-state index contributed by atoms with van der Waals surface area (Å²) >= 11 is 5.94. The highest BCUT2D eigenvalue weighted by atomic mass is 35.5. The van der Waals surface area contributed by atoms with Gasteiger partial charge in [-0.05, 0) is 49.9 Å². The molecule has 0 aliphatic heterocycles. The van der Waals surface area contributed by atoms with Crippen LogP contribution in [-0.4, -0.2) is 24.3 Å². The maximum Gasteiger partial charge on any atom is 0.490 e. The van der Waals surface area contributed by atoms with Gasteiger partial charge in [0.25, 0.3) is 0 Å². The van der Waals surface area contributed by atoms with E-state index in [2.05, 4.69) is 10.1 Å². The quantitative estimate of drug-likeness (QED) is 0.552. The van der Waals surface area contributed by atoms with Gasteiger partial charge < -0.3 is 14.5 Å². The SMILES string of the molecule is NC(OC(=O)C(F)(F)F)[C@H]1CC[C@H](C(=O)NCc2cc3cc(Cl)ccc3o2)CC1. The summed E-state index contributed by atoms with van der Waals surface area (Å²) in [6.45, 7) is 0.216. The molecular formula is C19H20ClF3N2O4. The number of ether oxygens (including phenoxy) is 1. The molecule has 1 heterocycles. The van der Waals surface area contributed by atoms with Gasteiger partial charge >= 0.3 is 12.1 Å². The van der Waals surface area contributed by atoms with Crippen molar-refractivity contribution in [3.05, 3.63) is 35.0 Å². The van der Waals surface area contributed by atoms with Gasteiger partial charge in [-0.3, -0.25) is 10.5 Å². The Morgan fingerprint density at radius 2 is 1.93 bits per heavy atom. The summed E-state index contributed by atoms with van der Waals surface area (Å²) in [4.78, 5) is 23.3. The minimum Gasteiger partial charge on any atom is -0.459 e. The second-order valence-electron chi connectivity index (χ2n) is 7.09. The molecule has 158 valence electrons. The van der Waals surface area contributed by atoms with Crippen LogP contribution >= 0.6 is 11.6 Å². The summed E-state index contributed by atoms with van der Waals surface area (Å²) < 4.78 is 46.7. The van der Waals surface area contributed by atoms with E-state index >= 15 is 0 Å². The molecule has 3 N–H and O–H groups in total. The van der Waals surface area contributed by atoms with Crippen LogP contribution in [-0.2, 0) is 20.9 Å². The molecule has 1 unspecified atom stereocenters. The van der Waals surface area contributed by atoms with Crippen molar-refractivity contribution in [3.63, 3.8) is 0 Å². The van der Waals surface area contributed by atoms with Crippen molar-refractivity contribution in [1.29, 1.82) is 0 Å². The van der Waals surface area contributed by atoms with Gasteiger partial charge in [0.1, 0.15) is 11.3 Å². The Bertz CT molecular complexity index is 891. The predicted molar refractivity (Wildman–Crippen MR) is 98.6 cm³/mol. The highest BCUT2D eigenvalue weighted by Gasteiger charge is 2.43. The van der Waals surface area contributed by atoms with Gasteiger partial charge in [0.2, 0.25) is 5.91 Å². The Morgan fingerprint density at radius 1 is 1.24 bits per heavy atom. The first kappa shape index (κ1) is 21.4. The number of carbonyl (C=O) groups is 2. The summed E-state index contributed by atoms with van der Waals surface area (Å²) in [5.74, 6) is -2.56. The lowest BCUT2D eigenvalue weighted by Crippen LogP contribution is -2.42. The monoisotopic (exact) mass is 432 g/mol. The zero-order chi connectivity index (χ0) is 21.2. The fourth-order valence-electron chi connectivity index (χ4n) is 3.47. The molecule has 6 nitrogen and oxygen atoms in total. The summed E-state index contributed by atoms with van der Waals surface area (Å²) in [7, 11) is 0. The van der Waals surface area contributed by atoms with Gasteiger partial charge in [-0.2, -0.15) is 13.2 Å². The Balaban J connectivity index is 1.46. The van der Waals surface area contributed by atoms with Crippen molar-refractivity contribution in [2.45, 2.75) is 44.6 Å². The molecule has 29 heavy (non-hydrogen) atoms. The van der Waals surface area contributed by atoms with Gasteiger partial charge in [-0.15, -0.1) is 0 Å². The average Bonchev–Trinajstić information content (AvgIpc) is 3.07. The number of hydrogen-bond acceptors (Lipinski definition) is 5. The largest absolute Gasteiger partial charge is 0.490 e. The molecule has 1 aromatic heterocycles. The van der Waals surface area contributed by atoms with E-state index in [0.29, 0.717) is 42.0 Å². The minimum atomic E-state index is -5.07. The molecule has 0 spiro atoms. The van der Waals surface area contributed by atoms with E-state index in [1.54, 1.807) is 24.3 Å². The van der Waals surface area contributed by atoms with Crippen LogP contribution in [0.15, 0.2) is 28.7 Å². The molecule has 1 aromatic carbocycles. The molecule has 1 atom stereocenters. The van der Waals surface area contributed by atoms with Crippen molar-refractivity contribution < 1.29 is 31.9 Å². The molecule has 1 aliphatic carbocycles. The Kier molecular flexibility index (Phi) is 6.38. The number of hydrogen-bond donors (Lipinski definition) is 2. The van der Waals surface area contributed by atoms with Crippen molar-refractivity contribution in [2.75, 3.05) is 0 Å².